The Hall–Kier alpha value is -2.44. The van der Waals surface area contributed by atoms with Crippen LogP contribution < -0.4 is 4.74 Å². The Bertz CT molecular complexity index is 703. The average molecular weight is 332 g/mol. The number of imidazole rings is 1. The number of aromatic nitrogens is 3. The highest BCUT2D eigenvalue weighted by molar-refractivity contribution is 5.76. The van der Waals surface area contributed by atoms with Gasteiger partial charge in [0.2, 0.25) is 5.91 Å². The minimum absolute atomic E-state index is 0.00619. The van der Waals surface area contributed by atoms with Crippen LogP contribution in [0.3, 0.4) is 0 Å². The number of hydrogen-bond donors (Lipinski definition) is 0. The van der Waals surface area contributed by atoms with Crippen molar-refractivity contribution >= 4 is 5.91 Å². The van der Waals surface area contributed by atoms with E-state index in [0.717, 1.165) is 25.1 Å². The van der Waals surface area contributed by atoms with Crippen LogP contribution in [0.25, 0.3) is 0 Å². The zero-order valence-electron chi connectivity index (χ0n) is 13.7. The zero-order chi connectivity index (χ0) is 16.9. The van der Waals surface area contributed by atoms with Crippen molar-refractivity contribution < 1.29 is 13.9 Å². The van der Waals surface area contributed by atoms with Crippen molar-refractivity contribution in [2.24, 2.45) is 7.05 Å². The molecule has 0 saturated carbocycles. The predicted octanol–water partition coefficient (Wildman–Crippen LogP) is 1.96. The Morgan fingerprint density at radius 1 is 1.50 bits per heavy atom. The Morgan fingerprint density at radius 3 is 3.12 bits per heavy atom. The largest absolute Gasteiger partial charge is 0.470 e. The predicted molar refractivity (Wildman–Crippen MR) is 86.0 cm³/mol. The van der Waals surface area contributed by atoms with Crippen LogP contribution in [0, 0.1) is 5.82 Å². The van der Waals surface area contributed by atoms with Gasteiger partial charge in [-0.3, -0.25) is 4.79 Å². The van der Waals surface area contributed by atoms with Crippen LogP contribution in [0.2, 0.25) is 0 Å². The van der Waals surface area contributed by atoms with E-state index in [-0.39, 0.29) is 17.9 Å². The van der Waals surface area contributed by atoms with Gasteiger partial charge in [0.05, 0.1) is 12.9 Å². The van der Waals surface area contributed by atoms with E-state index in [4.69, 9.17) is 4.74 Å². The van der Waals surface area contributed by atoms with Crippen molar-refractivity contribution in [1.29, 1.82) is 0 Å². The third-order valence-corrected chi connectivity index (χ3v) is 4.25. The standard InChI is InChI=1S/C17H21FN4O2/c1-21-12-19-10-13(21)6-7-16(23)22-9-3-4-14(11-22)24-17-15(18)5-2-8-20-17/h2,5,8,10,12,14H,3-4,6-7,9,11H2,1H3/t14-/m1/s1. The second-order valence-corrected chi connectivity index (χ2v) is 6.01. The number of halogens is 1. The van der Waals surface area contributed by atoms with E-state index in [2.05, 4.69) is 9.97 Å². The third kappa shape index (κ3) is 3.90. The minimum atomic E-state index is -0.475. The van der Waals surface area contributed by atoms with E-state index < -0.39 is 5.82 Å². The van der Waals surface area contributed by atoms with Gasteiger partial charge in [-0.05, 0) is 31.4 Å². The van der Waals surface area contributed by atoms with Gasteiger partial charge in [0.25, 0.3) is 5.88 Å². The first-order valence-corrected chi connectivity index (χ1v) is 8.13. The molecule has 1 fully saturated rings. The van der Waals surface area contributed by atoms with Gasteiger partial charge in [-0.2, -0.15) is 0 Å². The molecule has 0 bridgehead atoms. The SMILES string of the molecule is Cn1cncc1CCC(=O)N1CCC[C@@H](Oc2ncccc2F)C1. The number of nitrogens with zero attached hydrogens (tertiary/aromatic N) is 4. The van der Waals surface area contributed by atoms with Gasteiger partial charge in [-0.25, -0.2) is 14.4 Å². The van der Waals surface area contributed by atoms with Gasteiger partial charge in [-0.1, -0.05) is 0 Å². The number of aryl methyl sites for hydroxylation is 2. The molecule has 3 heterocycles. The Kier molecular flexibility index (Phi) is 5.08. The monoisotopic (exact) mass is 332 g/mol. The van der Waals surface area contributed by atoms with Gasteiger partial charge >= 0.3 is 0 Å². The number of likely N-dealkylation sites (tertiary alicyclic amines) is 1. The highest BCUT2D eigenvalue weighted by Crippen LogP contribution is 2.19. The molecule has 3 rings (SSSR count). The van der Waals surface area contributed by atoms with Gasteiger partial charge in [0.1, 0.15) is 6.10 Å². The average Bonchev–Trinajstić information content (AvgIpc) is 3.00. The lowest BCUT2D eigenvalue weighted by molar-refractivity contribution is -0.133. The molecule has 7 heteroatoms. The van der Waals surface area contributed by atoms with Crippen LogP contribution in [0.1, 0.15) is 25.0 Å². The highest BCUT2D eigenvalue weighted by atomic mass is 19.1. The molecule has 0 N–H and O–H groups in total. The number of rotatable bonds is 5. The van der Waals surface area contributed by atoms with Gasteiger partial charge in [-0.15, -0.1) is 0 Å². The molecule has 1 aliphatic rings. The first kappa shape index (κ1) is 16.4. The summed E-state index contributed by atoms with van der Waals surface area (Å²) < 4.78 is 21.2. The molecule has 1 amide bonds. The van der Waals surface area contributed by atoms with E-state index in [0.29, 0.717) is 19.4 Å². The summed E-state index contributed by atoms with van der Waals surface area (Å²) in [6.07, 6.45) is 7.52. The van der Waals surface area contributed by atoms with E-state index >= 15 is 0 Å². The molecule has 0 unspecified atom stereocenters. The number of ether oxygens (including phenoxy) is 1. The first-order chi connectivity index (χ1) is 11.6. The molecule has 0 spiro atoms. The molecule has 1 saturated heterocycles. The fourth-order valence-corrected chi connectivity index (χ4v) is 2.90. The van der Waals surface area contributed by atoms with Crippen LogP contribution >= 0.6 is 0 Å². The number of pyridine rings is 1. The normalized spacial score (nSPS) is 17.8. The lowest BCUT2D eigenvalue weighted by atomic mass is 10.1. The van der Waals surface area contributed by atoms with Crippen LogP contribution in [-0.2, 0) is 18.3 Å². The number of carbonyl (C=O) groups excluding carboxylic acids is 1. The van der Waals surface area contributed by atoms with Crippen molar-refractivity contribution in [1.82, 2.24) is 19.4 Å². The molecule has 0 radical (unpaired) electrons. The zero-order valence-corrected chi connectivity index (χ0v) is 13.7. The summed E-state index contributed by atoms with van der Waals surface area (Å²) >= 11 is 0. The number of amides is 1. The fraction of sp³-hybridized carbons (Fsp3) is 0.471. The van der Waals surface area contributed by atoms with Crippen LogP contribution in [0.15, 0.2) is 30.9 Å². The number of carbonyl (C=O) groups is 1. The number of piperidine rings is 1. The fourth-order valence-electron chi connectivity index (χ4n) is 2.90. The minimum Gasteiger partial charge on any atom is -0.470 e. The quantitative estimate of drug-likeness (QED) is 0.840. The van der Waals surface area contributed by atoms with Crippen molar-refractivity contribution in [3.05, 3.63) is 42.4 Å². The maximum atomic E-state index is 13.6. The van der Waals surface area contributed by atoms with Crippen molar-refractivity contribution in [2.45, 2.75) is 31.8 Å². The topological polar surface area (TPSA) is 60.2 Å². The summed E-state index contributed by atoms with van der Waals surface area (Å²) in [5, 5.41) is 0. The second kappa shape index (κ2) is 7.42. The lowest BCUT2D eigenvalue weighted by Crippen LogP contribution is -2.44. The summed E-state index contributed by atoms with van der Waals surface area (Å²) in [6.45, 7) is 1.19. The van der Waals surface area contributed by atoms with Crippen molar-refractivity contribution in [3.63, 3.8) is 0 Å². The van der Waals surface area contributed by atoms with E-state index in [1.54, 1.807) is 17.4 Å². The lowest BCUT2D eigenvalue weighted by Gasteiger charge is -2.32. The summed E-state index contributed by atoms with van der Waals surface area (Å²) in [4.78, 5) is 22.2. The number of hydrogen-bond acceptors (Lipinski definition) is 4. The molecule has 1 aliphatic heterocycles. The highest BCUT2D eigenvalue weighted by Gasteiger charge is 2.25. The molecule has 1 atom stereocenters. The summed E-state index contributed by atoms with van der Waals surface area (Å²) in [6, 6.07) is 2.85. The molecule has 2 aromatic heterocycles. The Morgan fingerprint density at radius 2 is 2.38 bits per heavy atom. The summed E-state index contributed by atoms with van der Waals surface area (Å²) in [7, 11) is 1.92. The molecule has 2 aromatic rings. The van der Waals surface area contributed by atoms with Crippen LogP contribution in [0.5, 0.6) is 5.88 Å². The summed E-state index contributed by atoms with van der Waals surface area (Å²) in [5.74, 6) is -0.380. The molecule has 128 valence electrons. The molecule has 0 aromatic carbocycles. The van der Waals surface area contributed by atoms with Crippen molar-refractivity contribution in [3.8, 4) is 5.88 Å². The molecule has 0 aliphatic carbocycles. The first-order valence-electron chi connectivity index (χ1n) is 8.13. The van der Waals surface area contributed by atoms with E-state index in [1.807, 2.05) is 11.6 Å². The van der Waals surface area contributed by atoms with Gasteiger partial charge in [0.15, 0.2) is 5.82 Å². The molecular formula is C17H21FN4O2. The van der Waals surface area contributed by atoms with Crippen molar-refractivity contribution in [2.75, 3.05) is 13.1 Å². The van der Waals surface area contributed by atoms with E-state index in [9.17, 15) is 9.18 Å². The maximum absolute atomic E-state index is 13.6. The Labute approximate surface area is 140 Å². The maximum Gasteiger partial charge on any atom is 0.250 e. The molecule has 6 nitrogen and oxygen atoms in total. The smallest absolute Gasteiger partial charge is 0.250 e. The second-order valence-electron chi connectivity index (χ2n) is 6.01. The van der Waals surface area contributed by atoms with Crippen LogP contribution in [0.4, 0.5) is 4.39 Å². The van der Waals surface area contributed by atoms with Gasteiger partial charge in [0, 0.05) is 38.1 Å². The summed E-state index contributed by atoms with van der Waals surface area (Å²) in [5.41, 5.74) is 1.03. The van der Waals surface area contributed by atoms with Crippen LogP contribution in [-0.4, -0.2) is 44.5 Å². The third-order valence-electron chi connectivity index (χ3n) is 4.25. The van der Waals surface area contributed by atoms with E-state index in [1.165, 1.54) is 18.3 Å². The molecule has 24 heavy (non-hydrogen) atoms. The Balaban J connectivity index is 1.54. The van der Waals surface area contributed by atoms with Gasteiger partial charge < -0.3 is 14.2 Å². The molecular weight excluding hydrogens is 311 g/mol.